The van der Waals surface area contributed by atoms with E-state index < -0.39 is 6.10 Å². The largest absolute Gasteiger partial charge is 0.389 e. The third-order valence-electron chi connectivity index (χ3n) is 2.51. The molecule has 0 aromatic carbocycles. The molecular formula is C12H15N3OS. The summed E-state index contributed by atoms with van der Waals surface area (Å²) in [4.78, 5) is 10.6. The highest BCUT2D eigenvalue weighted by molar-refractivity contribution is 7.07. The summed E-state index contributed by atoms with van der Waals surface area (Å²) in [5.41, 5.74) is 3.67. The normalized spacial score (nSPS) is 12.4. The van der Waals surface area contributed by atoms with Crippen LogP contribution in [0.1, 0.15) is 24.3 Å². The Morgan fingerprint density at radius 2 is 2.29 bits per heavy atom. The van der Waals surface area contributed by atoms with Crippen molar-refractivity contribution >= 4 is 17.2 Å². The van der Waals surface area contributed by atoms with E-state index in [2.05, 4.69) is 9.97 Å². The number of aromatic nitrogens is 2. The van der Waals surface area contributed by atoms with E-state index in [0.717, 1.165) is 17.1 Å². The van der Waals surface area contributed by atoms with Crippen LogP contribution < -0.4 is 4.90 Å². The molecule has 0 saturated heterocycles. The van der Waals surface area contributed by atoms with E-state index in [4.69, 9.17) is 0 Å². The van der Waals surface area contributed by atoms with Crippen molar-refractivity contribution in [1.29, 1.82) is 0 Å². The smallest absolute Gasteiger partial charge is 0.134 e. The second-order valence-electron chi connectivity index (χ2n) is 3.93. The number of nitrogens with zero attached hydrogens (tertiary/aromatic N) is 3. The SMILES string of the molecule is C[C@@H](O)c1cccnc1N(C)Cc1cscn1. The number of pyridine rings is 1. The number of rotatable bonds is 4. The second-order valence-corrected chi connectivity index (χ2v) is 4.65. The summed E-state index contributed by atoms with van der Waals surface area (Å²) in [5.74, 6) is 0.801. The van der Waals surface area contributed by atoms with Gasteiger partial charge in [-0.05, 0) is 13.0 Å². The van der Waals surface area contributed by atoms with Gasteiger partial charge in [-0.2, -0.15) is 0 Å². The standard InChI is InChI=1S/C12H15N3OS/c1-9(16)11-4-3-5-13-12(11)15(2)6-10-7-17-8-14-10/h3-5,7-9,16H,6H2,1-2H3/t9-/m1/s1. The first kappa shape index (κ1) is 12.0. The van der Waals surface area contributed by atoms with Crippen LogP contribution in [0, 0.1) is 0 Å². The van der Waals surface area contributed by atoms with Gasteiger partial charge < -0.3 is 10.0 Å². The monoisotopic (exact) mass is 249 g/mol. The highest BCUT2D eigenvalue weighted by Crippen LogP contribution is 2.23. The molecule has 0 saturated carbocycles. The van der Waals surface area contributed by atoms with Crippen LogP contribution in [0.3, 0.4) is 0 Å². The van der Waals surface area contributed by atoms with Gasteiger partial charge in [-0.1, -0.05) is 6.07 Å². The fraction of sp³-hybridized carbons (Fsp3) is 0.333. The van der Waals surface area contributed by atoms with Crippen LogP contribution in [0.15, 0.2) is 29.2 Å². The number of hydrogen-bond acceptors (Lipinski definition) is 5. The summed E-state index contributed by atoms with van der Waals surface area (Å²) >= 11 is 1.58. The lowest BCUT2D eigenvalue weighted by Gasteiger charge is -2.21. The fourth-order valence-corrected chi connectivity index (χ4v) is 2.24. The predicted molar refractivity (Wildman–Crippen MR) is 69.1 cm³/mol. The van der Waals surface area contributed by atoms with Crippen molar-refractivity contribution in [3.05, 3.63) is 40.5 Å². The van der Waals surface area contributed by atoms with Crippen molar-refractivity contribution in [3.8, 4) is 0 Å². The molecule has 0 spiro atoms. The summed E-state index contributed by atoms with van der Waals surface area (Å²) in [5, 5.41) is 11.7. The van der Waals surface area contributed by atoms with E-state index in [9.17, 15) is 5.11 Å². The minimum Gasteiger partial charge on any atom is -0.389 e. The number of aliphatic hydroxyl groups excluding tert-OH is 1. The van der Waals surface area contributed by atoms with Crippen molar-refractivity contribution in [2.75, 3.05) is 11.9 Å². The lowest BCUT2D eigenvalue weighted by atomic mass is 10.1. The molecule has 2 aromatic heterocycles. The van der Waals surface area contributed by atoms with Crippen LogP contribution >= 0.6 is 11.3 Å². The van der Waals surface area contributed by atoms with Gasteiger partial charge in [-0.25, -0.2) is 9.97 Å². The van der Waals surface area contributed by atoms with Crippen molar-refractivity contribution in [2.45, 2.75) is 19.6 Å². The van der Waals surface area contributed by atoms with Crippen LogP contribution in [0.25, 0.3) is 0 Å². The van der Waals surface area contributed by atoms with Crippen LogP contribution in [-0.4, -0.2) is 22.1 Å². The van der Waals surface area contributed by atoms with E-state index in [1.165, 1.54) is 0 Å². The molecule has 90 valence electrons. The maximum atomic E-state index is 9.70. The molecule has 0 fully saturated rings. The van der Waals surface area contributed by atoms with Gasteiger partial charge >= 0.3 is 0 Å². The fourth-order valence-electron chi connectivity index (χ4n) is 1.69. The lowest BCUT2D eigenvalue weighted by molar-refractivity contribution is 0.199. The molecule has 0 aliphatic carbocycles. The molecule has 5 heteroatoms. The average Bonchev–Trinajstić information content (AvgIpc) is 2.81. The van der Waals surface area contributed by atoms with Gasteiger partial charge in [0.2, 0.25) is 0 Å². The van der Waals surface area contributed by atoms with Gasteiger partial charge in [-0.3, -0.25) is 0 Å². The zero-order valence-corrected chi connectivity index (χ0v) is 10.7. The van der Waals surface area contributed by atoms with Crippen LogP contribution in [0.5, 0.6) is 0 Å². The lowest BCUT2D eigenvalue weighted by Crippen LogP contribution is -2.20. The molecule has 0 unspecified atom stereocenters. The van der Waals surface area contributed by atoms with Gasteiger partial charge in [-0.15, -0.1) is 11.3 Å². The van der Waals surface area contributed by atoms with Crippen molar-refractivity contribution in [1.82, 2.24) is 9.97 Å². The molecule has 0 amide bonds. The summed E-state index contributed by atoms with van der Waals surface area (Å²) in [6, 6.07) is 3.73. The minimum atomic E-state index is -0.517. The highest BCUT2D eigenvalue weighted by Gasteiger charge is 2.13. The zero-order chi connectivity index (χ0) is 12.3. The van der Waals surface area contributed by atoms with Gasteiger partial charge in [0.15, 0.2) is 0 Å². The molecule has 0 aliphatic rings. The zero-order valence-electron chi connectivity index (χ0n) is 9.87. The van der Waals surface area contributed by atoms with Gasteiger partial charge in [0.25, 0.3) is 0 Å². The Kier molecular flexibility index (Phi) is 3.71. The Morgan fingerprint density at radius 3 is 2.94 bits per heavy atom. The van der Waals surface area contributed by atoms with Crippen molar-refractivity contribution < 1.29 is 5.11 Å². The highest BCUT2D eigenvalue weighted by atomic mass is 32.1. The Bertz CT molecular complexity index is 470. The summed E-state index contributed by atoms with van der Waals surface area (Å²) in [7, 11) is 1.95. The third kappa shape index (κ3) is 2.81. The molecule has 0 aliphatic heterocycles. The molecule has 1 atom stereocenters. The molecule has 2 aromatic rings. The average molecular weight is 249 g/mol. The molecule has 1 N–H and O–H groups in total. The minimum absolute atomic E-state index is 0.517. The van der Waals surface area contributed by atoms with Gasteiger partial charge in [0.05, 0.1) is 23.9 Å². The second kappa shape index (κ2) is 5.25. The third-order valence-corrected chi connectivity index (χ3v) is 3.15. The molecule has 0 radical (unpaired) electrons. The Balaban J connectivity index is 2.21. The van der Waals surface area contributed by atoms with E-state index in [-0.39, 0.29) is 0 Å². The van der Waals surface area contributed by atoms with Crippen LogP contribution in [0.2, 0.25) is 0 Å². The molecule has 2 heterocycles. The quantitative estimate of drug-likeness (QED) is 0.902. The molecular weight excluding hydrogens is 234 g/mol. The maximum absolute atomic E-state index is 9.70. The molecule has 0 bridgehead atoms. The predicted octanol–water partition coefficient (Wildman–Crippen LogP) is 2.23. The maximum Gasteiger partial charge on any atom is 0.134 e. The topological polar surface area (TPSA) is 49.3 Å². The first-order chi connectivity index (χ1) is 8.18. The van der Waals surface area contributed by atoms with Crippen molar-refractivity contribution in [3.63, 3.8) is 0 Å². The molecule has 17 heavy (non-hydrogen) atoms. The Morgan fingerprint density at radius 1 is 1.47 bits per heavy atom. The first-order valence-corrected chi connectivity index (χ1v) is 6.34. The first-order valence-electron chi connectivity index (χ1n) is 5.39. The number of hydrogen-bond donors (Lipinski definition) is 1. The van der Waals surface area contributed by atoms with E-state index in [1.54, 1.807) is 24.5 Å². The van der Waals surface area contributed by atoms with Gasteiger partial charge in [0, 0.05) is 24.2 Å². The van der Waals surface area contributed by atoms with Gasteiger partial charge in [0.1, 0.15) is 5.82 Å². The van der Waals surface area contributed by atoms with E-state index >= 15 is 0 Å². The Hall–Kier alpha value is -1.46. The number of thiazole rings is 1. The molecule has 2 rings (SSSR count). The summed E-state index contributed by atoms with van der Waals surface area (Å²) in [6.07, 6.45) is 1.22. The number of anilines is 1. The van der Waals surface area contributed by atoms with Crippen molar-refractivity contribution in [2.24, 2.45) is 0 Å². The number of aliphatic hydroxyl groups is 1. The van der Waals surface area contributed by atoms with Crippen LogP contribution in [0.4, 0.5) is 5.82 Å². The Labute approximate surface area is 105 Å². The van der Waals surface area contributed by atoms with E-state index in [0.29, 0.717) is 6.54 Å². The van der Waals surface area contributed by atoms with Crippen LogP contribution in [-0.2, 0) is 6.54 Å². The summed E-state index contributed by atoms with van der Waals surface area (Å²) < 4.78 is 0. The summed E-state index contributed by atoms with van der Waals surface area (Å²) in [6.45, 7) is 2.44. The van der Waals surface area contributed by atoms with E-state index in [1.807, 2.05) is 35.0 Å². The molecule has 4 nitrogen and oxygen atoms in total.